The molecule has 4 bridgehead atoms. The highest BCUT2D eigenvalue weighted by molar-refractivity contribution is 6.05. The van der Waals surface area contributed by atoms with Crippen LogP contribution in [0.4, 0.5) is 0 Å². The molecule has 1 saturated heterocycles. The molecule has 38 heavy (non-hydrogen) atoms. The zero-order chi connectivity index (χ0) is 26.6. The Morgan fingerprint density at radius 2 is 1.89 bits per heavy atom. The maximum Gasteiger partial charge on any atom is 0.255 e. The van der Waals surface area contributed by atoms with Gasteiger partial charge in [-0.3, -0.25) is 29.3 Å². The van der Waals surface area contributed by atoms with Crippen LogP contribution in [0.3, 0.4) is 0 Å². The molecular formula is C29H36N4O5. The zero-order valence-corrected chi connectivity index (χ0v) is 21.9. The molecule has 2 aliphatic heterocycles. The number of benzene rings is 1. The van der Waals surface area contributed by atoms with Crippen LogP contribution in [0.5, 0.6) is 0 Å². The highest BCUT2D eigenvalue weighted by atomic mass is 16.2. The van der Waals surface area contributed by atoms with Gasteiger partial charge in [0.1, 0.15) is 12.1 Å². The van der Waals surface area contributed by atoms with Crippen molar-refractivity contribution in [3.63, 3.8) is 0 Å². The van der Waals surface area contributed by atoms with E-state index in [0.29, 0.717) is 37.8 Å². The second-order valence-electron chi connectivity index (χ2n) is 12.2. The first-order chi connectivity index (χ1) is 18.2. The number of fused-ring (bicyclic) bond motifs is 1. The van der Waals surface area contributed by atoms with E-state index in [2.05, 4.69) is 16.0 Å². The van der Waals surface area contributed by atoms with Crippen LogP contribution in [0.1, 0.15) is 86.2 Å². The van der Waals surface area contributed by atoms with Gasteiger partial charge in [-0.2, -0.15) is 0 Å². The predicted molar refractivity (Wildman–Crippen MR) is 137 cm³/mol. The normalized spacial score (nSPS) is 31.8. The van der Waals surface area contributed by atoms with Crippen molar-refractivity contribution in [2.45, 2.75) is 95.3 Å². The molecule has 9 nitrogen and oxygen atoms in total. The van der Waals surface area contributed by atoms with E-state index in [1.54, 1.807) is 11.0 Å². The van der Waals surface area contributed by atoms with E-state index in [1.165, 1.54) is 19.8 Å². The Morgan fingerprint density at radius 3 is 2.58 bits per heavy atom. The Bertz CT molecular complexity index is 1190. The number of hydrogen-bond donors (Lipinski definition) is 3. The first-order valence-corrected chi connectivity index (χ1v) is 14.1. The molecule has 6 aliphatic rings. The van der Waals surface area contributed by atoms with Gasteiger partial charge in [-0.1, -0.05) is 12.1 Å². The fraction of sp³-hybridized carbons (Fsp3) is 0.621. The number of amides is 5. The Hall–Kier alpha value is -3.23. The smallest absolute Gasteiger partial charge is 0.255 e. The van der Waals surface area contributed by atoms with Gasteiger partial charge in [0.15, 0.2) is 0 Å². The third-order valence-electron chi connectivity index (χ3n) is 9.62. The third-order valence-corrected chi connectivity index (χ3v) is 9.62. The number of nitrogens with zero attached hydrogens (tertiary/aromatic N) is 1. The molecule has 0 spiro atoms. The van der Waals surface area contributed by atoms with Crippen LogP contribution in [0.2, 0.25) is 0 Å². The molecule has 4 saturated carbocycles. The maximum atomic E-state index is 13.4. The average Bonchev–Trinajstić information content (AvgIpc) is 3.42. The van der Waals surface area contributed by atoms with Gasteiger partial charge in [0.05, 0.1) is 0 Å². The van der Waals surface area contributed by atoms with E-state index in [0.717, 1.165) is 48.1 Å². The van der Waals surface area contributed by atoms with Crippen LogP contribution >= 0.6 is 0 Å². The average molecular weight is 521 g/mol. The molecule has 3 N–H and O–H groups in total. The number of piperidine rings is 1. The number of rotatable bonds is 8. The minimum Gasteiger partial charge on any atom is -0.349 e. The number of carbonyl (C=O) groups is 5. The molecule has 4 atom stereocenters. The number of aryl methyl sites for hydroxylation is 1. The molecule has 5 amide bonds. The molecule has 1 aromatic rings. The van der Waals surface area contributed by atoms with E-state index in [-0.39, 0.29) is 35.6 Å². The predicted octanol–water partition coefficient (Wildman–Crippen LogP) is 1.97. The first kappa shape index (κ1) is 25.1. The van der Waals surface area contributed by atoms with Crippen molar-refractivity contribution in [2.24, 2.45) is 17.8 Å². The van der Waals surface area contributed by atoms with Crippen molar-refractivity contribution in [1.29, 1.82) is 0 Å². The topological polar surface area (TPSA) is 125 Å². The molecule has 3 unspecified atom stereocenters. The van der Waals surface area contributed by atoms with Gasteiger partial charge in [0.2, 0.25) is 23.6 Å². The summed E-state index contributed by atoms with van der Waals surface area (Å²) in [5.74, 6) is 1.01. The Labute approximate surface area is 222 Å². The van der Waals surface area contributed by atoms with E-state index in [4.69, 9.17) is 0 Å². The molecule has 202 valence electrons. The zero-order valence-electron chi connectivity index (χ0n) is 21.9. The summed E-state index contributed by atoms with van der Waals surface area (Å²) in [7, 11) is 0. The molecular weight excluding hydrogens is 484 g/mol. The number of imide groups is 1. The van der Waals surface area contributed by atoms with Crippen molar-refractivity contribution >= 4 is 29.5 Å². The molecule has 9 heteroatoms. The fourth-order valence-corrected chi connectivity index (χ4v) is 8.21. The molecule has 5 fully saturated rings. The van der Waals surface area contributed by atoms with Crippen LogP contribution in [0.25, 0.3) is 0 Å². The number of carbonyl (C=O) groups excluding carboxylic acids is 5. The summed E-state index contributed by atoms with van der Waals surface area (Å²) in [5.41, 5.74) is 2.41. The van der Waals surface area contributed by atoms with Crippen molar-refractivity contribution in [3.8, 4) is 0 Å². The minimum absolute atomic E-state index is 0.0837. The molecule has 0 radical (unpaired) electrons. The Kier molecular flexibility index (Phi) is 6.27. The molecule has 0 aromatic heterocycles. The summed E-state index contributed by atoms with van der Waals surface area (Å²) in [6, 6.07) is 4.39. The molecule has 7 rings (SSSR count). The lowest BCUT2D eigenvalue weighted by molar-refractivity contribution is -0.137. The van der Waals surface area contributed by atoms with Crippen molar-refractivity contribution in [1.82, 2.24) is 20.9 Å². The maximum absolute atomic E-state index is 13.4. The quantitative estimate of drug-likeness (QED) is 0.452. The molecule has 1 aromatic carbocycles. The van der Waals surface area contributed by atoms with Crippen LogP contribution in [-0.2, 0) is 32.1 Å². The van der Waals surface area contributed by atoms with Gasteiger partial charge in [0, 0.05) is 31.0 Å². The van der Waals surface area contributed by atoms with Crippen LogP contribution < -0.4 is 16.0 Å². The van der Waals surface area contributed by atoms with E-state index < -0.39 is 18.0 Å². The largest absolute Gasteiger partial charge is 0.349 e. The molecule has 2 heterocycles. The van der Waals surface area contributed by atoms with Gasteiger partial charge in [-0.25, -0.2) is 0 Å². The summed E-state index contributed by atoms with van der Waals surface area (Å²) < 4.78 is 0. The number of nitrogens with one attached hydrogen (secondary N) is 3. The van der Waals surface area contributed by atoms with Gasteiger partial charge >= 0.3 is 0 Å². The van der Waals surface area contributed by atoms with Crippen molar-refractivity contribution < 1.29 is 24.0 Å². The lowest BCUT2D eigenvalue weighted by Crippen LogP contribution is -2.56. The second-order valence-corrected chi connectivity index (χ2v) is 12.2. The standard InChI is InChI=1S/C29H36N4O5/c1-16(34)30-23(26(36)32-29-12-17-10-19(13-29)20(11-17)14-29)7-3-5-18-4-2-6-21-22(18)15-33(28(21)38)24-8-9-25(35)31-27(24)37/h2,4,6,17,19-20,23-24H,3,5,7-15H2,1H3,(H,30,34)(H,32,36)(H,31,35,37)/t17?,19?,20?,23-,24?,29?/m0/s1. The number of hydrogen-bond acceptors (Lipinski definition) is 5. The van der Waals surface area contributed by atoms with Crippen LogP contribution in [-0.4, -0.2) is 52.1 Å². The summed E-state index contributed by atoms with van der Waals surface area (Å²) in [6.45, 7) is 1.78. The second kappa shape index (κ2) is 9.50. The van der Waals surface area contributed by atoms with Gasteiger partial charge < -0.3 is 15.5 Å². The summed E-state index contributed by atoms with van der Waals surface area (Å²) in [4.78, 5) is 63.9. The van der Waals surface area contributed by atoms with Gasteiger partial charge in [-0.05, 0) is 92.7 Å². The summed E-state index contributed by atoms with van der Waals surface area (Å²) in [5, 5.41) is 8.57. The monoisotopic (exact) mass is 520 g/mol. The highest BCUT2D eigenvalue weighted by Gasteiger charge is 2.56. The Balaban J connectivity index is 1.10. The van der Waals surface area contributed by atoms with Crippen LogP contribution in [0.15, 0.2) is 18.2 Å². The summed E-state index contributed by atoms with van der Waals surface area (Å²) >= 11 is 0. The lowest BCUT2D eigenvalue weighted by atomic mass is 9.75. The van der Waals surface area contributed by atoms with Crippen molar-refractivity contribution in [3.05, 3.63) is 34.9 Å². The van der Waals surface area contributed by atoms with Crippen LogP contribution in [0, 0.1) is 17.8 Å². The first-order valence-electron chi connectivity index (χ1n) is 14.1. The van der Waals surface area contributed by atoms with E-state index in [9.17, 15) is 24.0 Å². The van der Waals surface area contributed by atoms with Crippen molar-refractivity contribution in [2.75, 3.05) is 0 Å². The van der Waals surface area contributed by atoms with E-state index in [1.807, 2.05) is 12.1 Å². The fourth-order valence-electron chi connectivity index (χ4n) is 8.21. The Morgan fingerprint density at radius 1 is 1.13 bits per heavy atom. The SMILES string of the molecule is CC(=O)N[C@@H](CCCc1cccc2c1CN(C1CCC(=O)NC1=O)C2=O)C(=O)NC12CC3CC(C1)C(C3)C2. The minimum atomic E-state index is -0.645. The lowest BCUT2D eigenvalue weighted by Gasteiger charge is -2.40. The van der Waals surface area contributed by atoms with E-state index >= 15 is 0 Å². The summed E-state index contributed by atoms with van der Waals surface area (Å²) in [6.07, 6.45) is 8.20. The third kappa shape index (κ3) is 4.50. The molecule has 4 aliphatic carbocycles. The van der Waals surface area contributed by atoms with Gasteiger partial charge in [0.25, 0.3) is 5.91 Å². The highest BCUT2D eigenvalue weighted by Crippen LogP contribution is 2.59. The van der Waals surface area contributed by atoms with Gasteiger partial charge in [-0.15, -0.1) is 0 Å².